The molecule has 1 aromatic rings. The summed E-state index contributed by atoms with van der Waals surface area (Å²) < 4.78 is 1.63. The third-order valence-electron chi connectivity index (χ3n) is 4.00. The van der Waals surface area contributed by atoms with E-state index in [4.69, 9.17) is 0 Å². The van der Waals surface area contributed by atoms with Crippen molar-refractivity contribution < 1.29 is 9.59 Å². The first-order valence-electron chi connectivity index (χ1n) is 6.54. The summed E-state index contributed by atoms with van der Waals surface area (Å²) in [5.41, 5.74) is -0.659. The molecule has 2 fully saturated rings. The van der Waals surface area contributed by atoms with Gasteiger partial charge in [-0.15, -0.1) is 0 Å². The molecule has 1 saturated carbocycles. The Balaban J connectivity index is 1.83. The van der Waals surface area contributed by atoms with Gasteiger partial charge in [0.1, 0.15) is 24.2 Å². The average Bonchev–Trinajstić information content (AvgIpc) is 2.97. The van der Waals surface area contributed by atoms with Crippen LogP contribution in [-0.2, 0) is 23.2 Å². The van der Waals surface area contributed by atoms with E-state index in [-0.39, 0.29) is 18.4 Å². The van der Waals surface area contributed by atoms with Crippen LogP contribution in [0.4, 0.5) is 0 Å². The summed E-state index contributed by atoms with van der Waals surface area (Å²) in [6, 6.07) is 0. The molecule has 0 radical (unpaired) electrons. The van der Waals surface area contributed by atoms with Gasteiger partial charge in [-0.1, -0.05) is 12.8 Å². The summed E-state index contributed by atoms with van der Waals surface area (Å²) in [5.74, 6) is 0.632. The predicted molar refractivity (Wildman–Crippen MR) is 65.8 cm³/mol. The number of hydrogen-bond donors (Lipinski definition) is 1. The van der Waals surface area contributed by atoms with Gasteiger partial charge in [-0.3, -0.25) is 14.3 Å². The van der Waals surface area contributed by atoms with E-state index >= 15 is 0 Å². The van der Waals surface area contributed by atoms with Crippen LogP contribution in [0.15, 0.2) is 6.33 Å². The van der Waals surface area contributed by atoms with Crippen molar-refractivity contribution in [1.82, 2.24) is 25.0 Å². The summed E-state index contributed by atoms with van der Waals surface area (Å²) in [5, 5.41) is 6.87. The molecule has 1 aliphatic carbocycles. The summed E-state index contributed by atoms with van der Waals surface area (Å²) in [4.78, 5) is 30.1. The van der Waals surface area contributed by atoms with Crippen molar-refractivity contribution in [3.05, 3.63) is 12.2 Å². The van der Waals surface area contributed by atoms with Crippen LogP contribution in [0.2, 0.25) is 0 Å². The Morgan fingerprint density at radius 2 is 2.11 bits per heavy atom. The molecule has 7 heteroatoms. The maximum Gasteiger partial charge on any atom is 0.249 e. The first kappa shape index (κ1) is 12.1. The lowest BCUT2D eigenvalue weighted by atomic mass is 9.93. The Bertz CT molecular complexity index is 518. The molecule has 3 rings (SSSR count). The standard InChI is InChI=1S/C12H17N5O2/c1-16-9(13-8-14-16)6-17-7-10(18)15-12(11(17)19)4-2-3-5-12/h8H,2-7H2,1H3,(H,15,18). The number of nitrogens with one attached hydrogen (secondary N) is 1. The summed E-state index contributed by atoms with van der Waals surface area (Å²) in [6.07, 6.45) is 4.92. The van der Waals surface area contributed by atoms with Crippen LogP contribution in [0.25, 0.3) is 0 Å². The van der Waals surface area contributed by atoms with Crippen molar-refractivity contribution in [3.8, 4) is 0 Å². The van der Waals surface area contributed by atoms with Crippen molar-refractivity contribution in [2.45, 2.75) is 37.8 Å². The molecule has 1 N–H and O–H groups in total. The lowest BCUT2D eigenvalue weighted by molar-refractivity contribution is -0.150. The largest absolute Gasteiger partial charge is 0.340 e. The SMILES string of the molecule is Cn1ncnc1CN1CC(=O)NC2(CCCC2)C1=O. The van der Waals surface area contributed by atoms with Crippen LogP contribution in [0.1, 0.15) is 31.5 Å². The van der Waals surface area contributed by atoms with Crippen LogP contribution in [0, 0.1) is 0 Å². The van der Waals surface area contributed by atoms with Gasteiger partial charge in [0.25, 0.3) is 0 Å². The molecular weight excluding hydrogens is 246 g/mol. The van der Waals surface area contributed by atoms with Gasteiger partial charge in [-0.25, -0.2) is 4.98 Å². The molecule has 19 heavy (non-hydrogen) atoms. The average molecular weight is 263 g/mol. The van der Waals surface area contributed by atoms with Gasteiger partial charge in [0.15, 0.2) is 0 Å². The summed E-state index contributed by atoms with van der Waals surface area (Å²) in [6.45, 7) is 0.442. The second-order valence-corrected chi connectivity index (χ2v) is 5.30. The Morgan fingerprint density at radius 3 is 2.74 bits per heavy atom. The molecule has 1 aliphatic heterocycles. The van der Waals surface area contributed by atoms with E-state index < -0.39 is 5.54 Å². The molecule has 0 unspecified atom stereocenters. The third-order valence-corrected chi connectivity index (χ3v) is 4.00. The number of aryl methyl sites for hydroxylation is 1. The summed E-state index contributed by atoms with van der Waals surface area (Å²) in [7, 11) is 1.78. The Morgan fingerprint density at radius 1 is 1.37 bits per heavy atom. The number of rotatable bonds is 2. The highest BCUT2D eigenvalue weighted by Gasteiger charge is 2.48. The Hall–Kier alpha value is -1.92. The van der Waals surface area contributed by atoms with Gasteiger partial charge in [0.2, 0.25) is 11.8 Å². The van der Waals surface area contributed by atoms with Gasteiger partial charge in [0, 0.05) is 7.05 Å². The van der Waals surface area contributed by atoms with Crippen LogP contribution in [-0.4, -0.2) is 43.6 Å². The molecule has 2 aliphatic rings. The van der Waals surface area contributed by atoms with Crippen LogP contribution >= 0.6 is 0 Å². The van der Waals surface area contributed by atoms with Gasteiger partial charge in [0.05, 0.1) is 6.54 Å². The number of hydrogen-bond acceptors (Lipinski definition) is 4. The molecule has 2 amide bonds. The third kappa shape index (κ3) is 1.98. The number of amides is 2. The van der Waals surface area contributed by atoms with E-state index in [9.17, 15) is 9.59 Å². The highest BCUT2D eigenvalue weighted by Crippen LogP contribution is 2.33. The lowest BCUT2D eigenvalue weighted by Gasteiger charge is -2.39. The normalized spacial score (nSPS) is 22.1. The quantitative estimate of drug-likeness (QED) is 0.786. The molecular formula is C12H17N5O2. The molecule has 2 heterocycles. The molecule has 1 spiro atoms. The smallest absolute Gasteiger partial charge is 0.249 e. The van der Waals surface area contributed by atoms with Gasteiger partial charge >= 0.3 is 0 Å². The number of piperazine rings is 1. The first-order chi connectivity index (χ1) is 9.11. The monoisotopic (exact) mass is 263 g/mol. The molecule has 0 bridgehead atoms. The zero-order chi connectivity index (χ0) is 13.5. The van der Waals surface area contributed by atoms with Crippen molar-refractivity contribution in [2.75, 3.05) is 6.54 Å². The van der Waals surface area contributed by atoms with E-state index in [1.165, 1.54) is 6.33 Å². The Labute approximate surface area is 111 Å². The minimum Gasteiger partial charge on any atom is -0.340 e. The minimum atomic E-state index is -0.659. The summed E-state index contributed by atoms with van der Waals surface area (Å²) >= 11 is 0. The van der Waals surface area contributed by atoms with Crippen LogP contribution < -0.4 is 5.32 Å². The topological polar surface area (TPSA) is 80.1 Å². The van der Waals surface area contributed by atoms with E-state index in [1.807, 2.05) is 0 Å². The zero-order valence-electron chi connectivity index (χ0n) is 10.9. The predicted octanol–water partition coefficient (Wildman–Crippen LogP) is -0.414. The molecule has 7 nitrogen and oxygen atoms in total. The highest BCUT2D eigenvalue weighted by molar-refractivity contribution is 5.98. The van der Waals surface area contributed by atoms with Gasteiger partial charge in [-0.2, -0.15) is 5.10 Å². The highest BCUT2D eigenvalue weighted by atomic mass is 16.2. The zero-order valence-corrected chi connectivity index (χ0v) is 10.9. The number of nitrogens with zero attached hydrogens (tertiary/aromatic N) is 4. The van der Waals surface area contributed by atoms with Crippen molar-refractivity contribution in [2.24, 2.45) is 7.05 Å². The van der Waals surface area contributed by atoms with Crippen molar-refractivity contribution in [1.29, 1.82) is 0 Å². The van der Waals surface area contributed by atoms with E-state index in [0.717, 1.165) is 25.7 Å². The van der Waals surface area contributed by atoms with E-state index in [1.54, 1.807) is 16.6 Å². The molecule has 1 saturated heterocycles. The number of carbonyl (C=O) groups is 2. The first-order valence-corrected chi connectivity index (χ1v) is 6.54. The fourth-order valence-electron chi connectivity index (χ4n) is 2.99. The Kier molecular flexibility index (Phi) is 2.76. The van der Waals surface area contributed by atoms with Crippen LogP contribution in [0.5, 0.6) is 0 Å². The molecule has 102 valence electrons. The molecule has 0 aromatic carbocycles. The molecule has 1 aromatic heterocycles. The lowest BCUT2D eigenvalue weighted by Crippen LogP contribution is -2.65. The second-order valence-electron chi connectivity index (χ2n) is 5.30. The fourth-order valence-corrected chi connectivity index (χ4v) is 2.99. The van der Waals surface area contributed by atoms with Gasteiger partial charge < -0.3 is 10.2 Å². The fraction of sp³-hybridized carbons (Fsp3) is 0.667. The van der Waals surface area contributed by atoms with Crippen molar-refractivity contribution in [3.63, 3.8) is 0 Å². The maximum absolute atomic E-state index is 12.6. The van der Waals surface area contributed by atoms with Crippen molar-refractivity contribution >= 4 is 11.8 Å². The van der Waals surface area contributed by atoms with E-state index in [0.29, 0.717) is 12.4 Å². The number of carbonyl (C=O) groups excluding carboxylic acids is 2. The maximum atomic E-state index is 12.6. The van der Waals surface area contributed by atoms with Gasteiger partial charge in [-0.05, 0) is 12.8 Å². The van der Waals surface area contributed by atoms with Crippen LogP contribution in [0.3, 0.4) is 0 Å². The second kappa shape index (κ2) is 4.32. The molecule has 0 atom stereocenters. The number of aromatic nitrogens is 3. The minimum absolute atomic E-state index is 0.0209. The van der Waals surface area contributed by atoms with E-state index in [2.05, 4.69) is 15.4 Å².